The van der Waals surface area contributed by atoms with E-state index in [1.54, 1.807) is 0 Å². The first-order valence-electron chi connectivity index (χ1n) is 7.50. The number of benzene rings is 2. The molecule has 2 heteroatoms. The highest BCUT2D eigenvalue weighted by molar-refractivity contribution is 5.49. The highest BCUT2D eigenvalue weighted by atomic mass is 15.3. The van der Waals surface area contributed by atoms with Crippen molar-refractivity contribution in [2.24, 2.45) is 0 Å². The lowest BCUT2D eigenvalue weighted by atomic mass is 10.2. The van der Waals surface area contributed by atoms with Crippen LogP contribution in [0.3, 0.4) is 0 Å². The summed E-state index contributed by atoms with van der Waals surface area (Å²) < 4.78 is 0. The van der Waals surface area contributed by atoms with Gasteiger partial charge >= 0.3 is 0 Å². The highest BCUT2D eigenvalue weighted by Gasteiger charge is 2.42. The van der Waals surface area contributed by atoms with Gasteiger partial charge in [-0.2, -0.15) is 0 Å². The third kappa shape index (κ3) is 2.10. The van der Waals surface area contributed by atoms with Crippen molar-refractivity contribution in [2.75, 3.05) is 18.0 Å². The molecule has 0 aromatic heterocycles. The first-order valence-corrected chi connectivity index (χ1v) is 7.50. The maximum atomic E-state index is 2.65. The average molecular weight is 264 g/mol. The summed E-state index contributed by atoms with van der Waals surface area (Å²) >= 11 is 0. The number of hydrogen-bond donors (Lipinski definition) is 0. The maximum absolute atomic E-state index is 2.65. The van der Waals surface area contributed by atoms with Gasteiger partial charge in [0.2, 0.25) is 0 Å². The van der Waals surface area contributed by atoms with Gasteiger partial charge in [-0.1, -0.05) is 48.5 Å². The van der Waals surface area contributed by atoms with Crippen molar-refractivity contribution >= 4 is 5.69 Å². The molecule has 2 aromatic rings. The molecule has 0 aliphatic carbocycles. The van der Waals surface area contributed by atoms with Crippen LogP contribution in [0.25, 0.3) is 0 Å². The smallest absolute Gasteiger partial charge is 0.0433 e. The number of piperazine rings is 1. The Kier molecular flexibility index (Phi) is 2.96. The number of anilines is 1. The summed E-state index contributed by atoms with van der Waals surface area (Å²) in [5, 5.41) is 0. The Morgan fingerprint density at radius 1 is 0.800 bits per heavy atom. The molecule has 2 bridgehead atoms. The molecule has 0 N–H and O–H groups in total. The number of fused-ring (bicyclic) bond motifs is 2. The molecule has 102 valence electrons. The topological polar surface area (TPSA) is 6.48 Å². The Morgan fingerprint density at radius 2 is 1.50 bits per heavy atom. The molecule has 2 unspecified atom stereocenters. The zero-order valence-corrected chi connectivity index (χ0v) is 11.7. The van der Waals surface area contributed by atoms with Crippen molar-refractivity contribution in [3.05, 3.63) is 66.2 Å². The van der Waals surface area contributed by atoms with Gasteiger partial charge in [-0.3, -0.25) is 4.90 Å². The average Bonchev–Trinajstić information content (AvgIpc) is 3.09. The lowest BCUT2D eigenvalue weighted by molar-refractivity contribution is 0.230. The van der Waals surface area contributed by atoms with E-state index in [1.165, 1.54) is 30.8 Å². The minimum Gasteiger partial charge on any atom is -0.366 e. The van der Waals surface area contributed by atoms with E-state index >= 15 is 0 Å². The standard InChI is InChI=1S/C18H20N2/c1-3-7-15(8-4-1)12-19-13-18-11-17(19)14-20(18)16-9-5-2-6-10-16/h1-10,17-18H,11-14H2. The Morgan fingerprint density at radius 3 is 2.15 bits per heavy atom. The van der Waals surface area contributed by atoms with Gasteiger partial charge in [-0.25, -0.2) is 0 Å². The van der Waals surface area contributed by atoms with Crippen molar-refractivity contribution in [3.63, 3.8) is 0 Å². The molecule has 2 heterocycles. The number of nitrogens with zero attached hydrogens (tertiary/aromatic N) is 2. The van der Waals surface area contributed by atoms with Crippen LogP contribution in [0, 0.1) is 0 Å². The van der Waals surface area contributed by atoms with Gasteiger partial charge in [-0.05, 0) is 24.1 Å². The van der Waals surface area contributed by atoms with Crippen LogP contribution in [0.1, 0.15) is 12.0 Å². The van der Waals surface area contributed by atoms with Crippen LogP contribution in [0.5, 0.6) is 0 Å². The van der Waals surface area contributed by atoms with Crippen LogP contribution in [0.2, 0.25) is 0 Å². The van der Waals surface area contributed by atoms with Crippen LogP contribution in [-0.2, 0) is 6.54 Å². The van der Waals surface area contributed by atoms with Crippen molar-refractivity contribution in [1.82, 2.24) is 4.90 Å². The van der Waals surface area contributed by atoms with E-state index in [0.29, 0.717) is 6.04 Å². The molecule has 2 atom stereocenters. The van der Waals surface area contributed by atoms with Crippen LogP contribution in [-0.4, -0.2) is 30.1 Å². The zero-order valence-electron chi connectivity index (χ0n) is 11.7. The minimum atomic E-state index is 0.700. The van der Waals surface area contributed by atoms with E-state index in [0.717, 1.165) is 12.6 Å². The third-order valence-electron chi connectivity index (χ3n) is 4.67. The molecule has 2 aromatic carbocycles. The monoisotopic (exact) mass is 264 g/mol. The fourth-order valence-electron chi connectivity index (χ4n) is 3.70. The van der Waals surface area contributed by atoms with Crippen LogP contribution < -0.4 is 4.90 Å². The molecular weight excluding hydrogens is 244 g/mol. The molecule has 4 rings (SSSR count). The highest BCUT2D eigenvalue weighted by Crippen LogP contribution is 2.35. The molecule has 2 saturated heterocycles. The Bertz CT molecular complexity index is 566. The minimum absolute atomic E-state index is 0.700. The summed E-state index contributed by atoms with van der Waals surface area (Å²) in [6, 6.07) is 23.1. The van der Waals surface area contributed by atoms with Crippen LogP contribution in [0.15, 0.2) is 60.7 Å². The fraction of sp³-hybridized carbons (Fsp3) is 0.333. The molecular formula is C18H20N2. The Hall–Kier alpha value is -1.80. The number of para-hydroxylation sites is 1. The summed E-state index contributed by atoms with van der Waals surface area (Å²) in [7, 11) is 0. The lowest BCUT2D eigenvalue weighted by Gasteiger charge is -2.35. The van der Waals surface area contributed by atoms with E-state index < -0.39 is 0 Å². The molecule has 20 heavy (non-hydrogen) atoms. The predicted molar refractivity (Wildman–Crippen MR) is 82.8 cm³/mol. The van der Waals surface area contributed by atoms with Crippen molar-refractivity contribution < 1.29 is 0 Å². The summed E-state index contributed by atoms with van der Waals surface area (Å²) in [6.07, 6.45) is 1.32. The molecule has 0 amide bonds. The van der Waals surface area contributed by atoms with Gasteiger partial charge in [0.15, 0.2) is 0 Å². The molecule has 0 radical (unpaired) electrons. The van der Waals surface area contributed by atoms with Gasteiger partial charge in [0.05, 0.1) is 0 Å². The predicted octanol–water partition coefficient (Wildman–Crippen LogP) is 3.15. The van der Waals surface area contributed by atoms with Gasteiger partial charge in [-0.15, -0.1) is 0 Å². The second-order valence-electron chi connectivity index (χ2n) is 5.95. The van der Waals surface area contributed by atoms with Crippen LogP contribution in [0.4, 0.5) is 5.69 Å². The summed E-state index contributed by atoms with van der Waals surface area (Å²) in [5.41, 5.74) is 2.82. The van der Waals surface area contributed by atoms with Crippen molar-refractivity contribution in [3.8, 4) is 0 Å². The fourth-order valence-corrected chi connectivity index (χ4v) is 3.70. The Balaban J connectivity index is 1.45. The van der Waals surface area contributed by atoms with Crippen LogP contribution >= 0.6 is 0 Å². The molecule has 0 saturated carbocycles. The second-order valence-corrected chi connectivity index (χ2v) is 5.95. The van der Waals surface area contributed by atoms with Crippen molar-refractivity contribution in [2.45, 2.75) is 25.0 Å². The summed E-state index contributed by atoms with van der Waals surface area (Å²) in [4.78, 5) is 5.24. The van der Waals surface area contributed by atoms with Crippen molar-refractivity contribution in [1.29, 1.82) is 0 Å². The lowest BCUT2D eigenvalue weighted by Crippen LogP contribution is -2.45. The molecule has 0 spiro atoms. The first kappa shape index (κ1) is 12.0. The quantitative estimate of drug-likeness (QED) is 0.840. The molecule has 2 aliphatic heterocycles. The van der Waals surface area contributed by atoms with Gasteiger partial charge < -0.3 is 4.90 Å². The molecule has 2 nitrogen and oxygen atoms in total. The SMILES string of the molecule is c1ccc(CN2CC3CC2CN3c2ccccc2)cc1. The number of likely N-dealkylation sites (tertiary alicyclic amines) is 1. The zero-order chi connectivity index (χ0) is 13.4. The van der Waals surface area contributed by atoms with E-state index in [9.17, 15) is 0 Å². The van der Waals surface area contributed by atoms with E-state index in [-0.39, 0.29) is 0 Å². The molecule has 2 aliphatic rings. The van der Waals surface area contributed by atoms with Gasteiger partial charge in [0.25, 0.3) is 0 Å². The number of rotatable bonds is 3. The third-order valence-corrected chi connectivity index (χ3v) is 4.67. The van der Waals surface area contributed by atoms with E-state index in [2.05, 4.69) is 70.5 Å². The Labute approximate surface area is 120 Å². The second kappa shape index (κ2) is 4.95. The maximum Gasteiger partial charge on any atom is 0.0433 e. The normalized spacial score (nSPS) is 25.3. The number of hydrogen-bond acceptors (Lipinski definition) is 2. The van der Waals surface area contributed by atoms with E-state index in [1.807, 2.05) is 0 Å². The first-order chi connectivity index (χ1) is 9.90. The molecule has 2 fully saturated rings. The largest absolute Gasteiger partial charge is 0.366 e. The van der Waals surface area contributed by atoms with Gasteiger partial charge in [0, 0.05) is 37.4 Å². The van der Waals surface area contributed by atoms with Gasteiger partial charge in [0.1, 0.15) is 0 Å². The summed E-state index contributed by atoms with van der Waals surface area (Å²) in [6.45, 7) is 3.49. The van der Waals surface area contributed by atoms with E-state index in [4.69, 9.17) is 0 Å². The summed E-state index contributed by atoms with van der Waals surface area (Å²) in [5.74, 6) is 0.